The summed E-state index contributed by atoms with van der Waals surface area (Å²) in [5.74, 6) is 2.67. The molecule has 12 nitrogen and oxygen atoms in total. The number of likely N-dealkylation sites (tertiary alicyclic amines) is 1. The minimum absolute atomic E-state index is 0.0619. The van der Waals surface area contributed by atoms with Gasteiger partial charge >= 0.3 is 5.97 Å². The van der Waals surface area contributed by atoms with E-state index in [0.29, 0.717) is 73.3 Å². The van der Waals surface area contributed by atoms with E-state index < -0.39 is 24.0 Å². The number of rotatable bonds is 18. The van der Waals surface area contributed by atoms with Crippen LogP contribution in [0.1, 0.15) is 80.1 Å². The van der Waals surface area contributed by atoms with Gasteiger partial charge in [-0.15, -0.1) is 0 Å². The van der Waals surface area contributed by atoms with Crippen molar-refractivity contribution in [2.24, 2.45) is 5.92 Å². The summed E-state index contributed by atoms with van der Waals surface area (Å²) in [5.41, 5.74) is 2.66. The number of carbonyl (C=O) groups excluding carboxylic acids is 2. The molecule has 0 aromatic heterocycles. The summed E-state index contributed by atoms with van der Waals surface area (Å²) < 4.78 is 46.2. The van der Waals surface area contributed by atoms with Crippen molar-refractivity contribution in [2.75, 3.05) is 81.5 Å². The van der Waals surface area contributed by atoms with Gasteiger partial charge in [-0.25, -0.2) is 4.79 Å². The lowest BCUT2D eigenvalue weighted by atomic mass is 9.76. The molecule has 2 saturated heterocycles. The molecule has 3 aliphatic rings. The second kappa shape index (κ2) is 20.7. The lowest BCUT2D eigenvalue weighted by Crippen LogP contribution is -2.45. The number of methoxy groups -OCH3 is 5. The van der Waals surface area contributed by atoms with E-state index in [1.54, 1.807) is 40.4 Å². The molecule has 1 unspecified atom stereocenters. The molecule has 2 heterocycles. The van der Waals surface area contributed by atoms with Crippen molar-refractivity contribution in [1.29, 1.82) is 0 Å². The second-order valence-electron chi connectivity index (χ2n) is 15.1. The van der Waals surface area contributed by atoms with Crippen molar-refractivity contribution in [2.45, 2.75) is 75.9 Å². The van der Waals surface area contributed by atoms with Crippen LogP contribution in [0, 0.1) is 5.92 Å². The summed E-state index contributed by atoms with van der Waals surface area (Å²) >= 11 is 0. The zero-order chi connectivity index (χ0) is 40.1. The molecular weight excluding hydrogens is 728 g/mol. The standard InChI is InChI=1S/C45H60N2O10/c1-50-38-19-17-31(27-39(38)51-2)16-18-37(33-13-9-14-35(28-33)56-26-23-46-21-24-55-25-22-46)57-45(49)36-15-10-20-47(36)44(48)42(32-11-7-6-8-12-32)34-29-40(52-3)43(54-5)41(30-34)53-4/h9,13-14,17,19,27-30,32,36-37,42H,6-8,10-12,15-16,18,20-26H2,1-5H3/t36-,37+,42?/m0/s1. The Morgan fingerprint density at radius 2 is 1.46 bits per heavy atom. The summed E-state index contributed by atoms with van der Waals surface area (Å²) in [5, 5.41) is 0. The molecular formula is C45H60N2O10. The fraction of sp³-hybridized carbons (Fsp3) is 0.556. The molecule has 0 bridgehead atoms. The lowest BCUT2D eigenvalue weighted by Gasteiger charge is -2.35. The third-order valence-corrected chi connectivity index (χ3v) is 11.7. The van der Waals surface area contributed by atoms with Crippen LogP contribution in [0.4, 0.5) is 0 Å². The minimum atomic E-state index is -0.706. The number of nitrogens with zero attached hydrogens (tertiary/aromatic N) is 2. The van der Waals surface area contributed by atoms with Crippen molar-refractivity contribution in [3.63, 3.8) is 0 Å². The minimum Gasteiger partial charge on any atom is -0.493 e. The molecule has 3 aromatic carbocycles. The molecule has 3 aromatic rings. The van der Waals surface area contributed by atoms with Crippen LogP contribution in [0.15, 0.2) is 54.6 Å². The van der Waals surface area contributed by atoms with Gasteiger partial charge in [0, 0.05) is 26.2 Å². The Balaban J connectivity index is 1.24. The van der Waals surface area contributed by atoms with Gasteiger partial charge in [0.2, 0.25) is 11.7 Å². The van der Waals surface area contributed by atoms with Crippen LogP contribution < -0.4 is 28.4 Å². The summed E-state index contributed by atoms with van der Waals surface area (Å²) in [7, 11) is 7.97. The highest BCUT2D eigenvalue weighted by atomic mass is 16.5. The summed E-state index contributed by atoms with van der Waals surface area (Å²) in [6, 6.07) is 16.7. The maximum Gasteiger partial charge on any atom is 0.329 e. The highest BCUT2D eigenvalue weighted by molar-refractivity contribution is 5.90. The molecule has 6 rings (SSSR count). The Morgan fingerprint density at radius 1 is 0.737 bits per heavy atom. The quantitative estimate of drug-likeness (QED) is 0.124. The van der Waals surface area contributed by atoms with Crippen LogP contribution in [0.25, 0.3) is 0 Å². The van der Waals surface area contributed by atoms with Crippen LogP contribution in [-0.4, -0.2) is 109 Å². The first-order valence-electron chi connectivity index (χ1n) is 20.4. The molecule has 0 N–H and O–H groups in total. The number of ether oxygens (including phenoxy) is 8. The maximum atomic E-state index is 14.9. The maximum absolute atomic E-state index is 14.9. The molecule has 2 aliphatic heterocycles. The van der Waals surface area contributed by atoms with Gasteiger partial charge in [0.25, 0.3) is 0 Å². The number of hydrogen-bond donors (Lipinski definition) is 0. The van der Waals surface area contributed by atoms with Crippen LogP contribution in [0.5, 0.6) is 34.5 Å². The number of hydrogen-bond acceptors (Lipinski definition) is 11. The van der Waals surface area contributed by atoms with Crippen LogP contribution in [0.2, 0.25) is 0 Å². The van der Waals surface area contributed by atoms with E-state index in [1.807, 2.05) is 54.6 Å². The number of amides is 1. The highest BCUT2D eigenvalue weighted by Crippen LogP contribution is 2.45. The molecule has 12 heteroatoms. The number of morpholine rings is 1. The Hall–Kier alpha value is -4.68. The number of aryl methyl sites for hydroxylation is 1. The van der Waals surface area contributed by atoms with E-state index in [2.05, 4.69) is 4.90 Å². The topological polar surface area (TPSA) is 114 Å². The van der Waals surface area contributed by atoms with Crippen molar-refractivity contribution < 1.29 is 47.5 Å². The molecule has 3 atom stereocenters. The van der Waals surface area contributed by atoms with Crippen molar-refractivity contribution in [3.8, 4) is 34.5 Å². The van der Waals surface area contributed by atoms with Gasteiger partial charge in [0.1, 0.15) is 24.5 Å². The monoisotopic (exact) mass is 788 g/mol. The second-order valence-corrected chi connectivity index (χ2v) is 15.1. The average molecular weight is 789 g/mol. The average Bonchev–Trinajstić information content (AvgIpc) is 3.76. The van der Waals surface area contributed by atoms with Crippen molar-refractivity contribution in [3.05, 3.63) is 71.3 Å². The number of esters is 1. The molecule has 3 fully saturated rings. The Labute approximate surface area is 337 Å². The Morgan fingerprint density at radius 3 is 2.14 bits per heavy atom. The summed E-state index contributed by atoms with van der Waals surface area (Å²) in [6.07, 6.45) is 6.90. The van der Waals surface area contributed by atoms with E-state index in [0.717, 1.165) is 81.6 Å². The van der Waals surface area contributed by atoms with Crippen LogP contribution >= 0.6 is 0 Å². The van der Waals surface area contributed by atoms with E-state index in [9.17, 15) is 9.59 Å². The Bertz CT molecular complexity index is 1750. The molecule has 0 radical (unpaired) electrons. The zero-order valence-electron chi connectivity index (χ0n) is 34.3. The van der Waals surface area contributed by atoms with Gasteiger partial charge in [-0.1, -0.05) is 37.5 Å². The lowest BCUT2D eigenvalue weighted by molar-refractivity contribution is -0.159. The zero-order valence-corrected chi connectivity index (χ0v) is 34.3. The number of carbonyl (C=O) groups is 2. The molecule has 1 saturated carbocycles. The normalized spacial score (nSPS) is 18.7. The number of benzene rings is 3. The van der Waals surface area contributed by atoms with Crippen LogP contribution in [-0.2, 0) is 25.5 Å². The molecule has 0 spiro atoms. The van der Waals surface area contributed by atoms with Crippen molar-refractivity contribution >= 4 is 11.9 Å². The third-order valence-electron chi connectivity index (χ3n) is 11.7. The first-order chi connectivity index (χ1) is 27.9. The summed E-state index contributed by atoms with van der Waals surface area (Å²) in [6.45, 7) is 5.07. The first-order valence-corrected chi connectivity index (χ1v) is 20.4. The SMILES string of the molecule is COc1ccc(CC[C@@H](OC(=O)[C@@H]2CCCN2C(=O)C(c2cc(OC)c(OC)c(OC)c2)C2CCCCC2)c2cccc(OCCN3CCOCC3)c2)cc1OC. The van der Waals surface area contributed by atoms with Gasteiger partial charge in [0.15, 0.2) is 23.0 Å². The van der Waals surface area contributed by atoms with Gasteiger partial charge in [0.05, 0.1) is 54.7 Å². The van der Waals surface area contributed by atoms with Crippen molar-refractivity contribution in [1.82, 2.24) is 9.80 Å². The van der Waals surface area contributed by atoms with E-state index in [-0.39, 0.29) is 11.8 Å². The van der Waals surface area contributed by atoms with E-state index >= 15 is 0 Å². The molecule has 1 aliphatic carbocycles. The largest absolute Gasteiger partial charge is 0.493 e. The Kier molecular flexibility index (Phi) is 15.2. The predicted octanol–water partition coefficient (Wildman–Crippen LogP) is 7.01. The smallest absolute Gasteiger partial charge is 0.329 e. The van der Waals surface area contributed by atoms with E-state index in [1.165, 1.54) is 0 Å². The fourth-order valence-electron chi connectivity index (χ4n) is 8.59. The van der Waals surface area contributed by atoms with Gasteiger partial charge < -0.3 is 42.8 Å². The van der Waals surface area contributed by atoms with Crippen LogP contribution in [0.3, 0.4) is 0 Å². The molecule has 1 amide bonds. The third kappa shape index (κ3) is 10.4. The predicted molar refractivity (Wildman–Crippen MR) is 216 cm³/mol. The van der Waals surface area contributed by atoms with Gasteiger partial charge in [-0.3, -0.25) is 9.69 Å². The van der Waals surface area contributed by atoms with E-state index in [4.69, 9.17) is 37.9 Å². The van der Waals surface area contributed by atoms with Gasteiger partial charge in [-0.05, 0) is 97.5 Å². The molecule has 57 heavy (non-hydrogen) atoms. The summed E-state index contributed by atoms with van der Waals surface area (Å²) in [4.78, 5) is 33.4. The fourth-order valence-corrected chi connectivity index (χ4v) is 8.59. The highest BCUT2D eigenvalue weighted by Gasteiger charge is 2.42. The molecule has 310 valence electrons. The first kappa shape index (κ1) is 41.9. The van der Waals surface area contributed by atoms with Gasteiger partial charge in [-0.2, -0.15) is 0 Å².